The number of carbonyl (C=O) groups is 1. The SMILES string of the molecule is CN(C(=O)c1ccc2ccccc2c1)C(C)(C)CBr. The molecular formula is C16H18BrNO. The van der Waals surface area contributed by atoms with Crippen LogP contribution in [0.25, 0.3) is 10.8 Å². The van der Waals surface area contributed by atoms with Gasteiger partial charge < -0.3 is 4.90 Å². The zero-order valence-corrected chi connectivity index (χ0v) is 13.1. The molecule has 0 bridgehead atoms. The molecule has 0 atom stereocenters. The van der Waals surface area contributed by atoms with Crippen molar-refractivity contribution in [2.24, 2.45) is 0 Å². The summed E-state index contributed by atoms with van der Waals surface area (Å²) in [4.78, 5) is 14.3. The second-order valence-corrected chi connectivity index (χ2v) is 5.93. The van der Waals surface area contributed by atoms with Gasteiger partial charge in [-0.15, -0.1) is 0 Å². The number of hydrogen-bond donors (Lipinski definition) is 0. The summed E-state index contributed by atoms with van der Waals surface area (Å²) >= 11 is 3.46. The zero-order chi connectivity index (χ0) is 14.0. The highest BCUT2D eigenvalue weighted by Crippen LogP contribution is 2.21. The molecular weight excluding hydrogens is 302 g/mol. The average Bonchev–Trinajstić information content (AvgIpc) is 2.45. The summed E-state index contributed by atoms with van der Waals surface area (Å²) < 4.78 is 0. The van der Waals surface area contributed by atoms with Crippen LogP contribution in [-0.2, 0) is 0 Å². The molecule has 2 rings (SSSR count). The summed E-state index contributed by atoms with van der Waals surface area (Å²) in [5.74, 6) is 0.0511. The predicted octanol–water partition coefficient (Wildman–Crippen LogP) is 4.09. The molecule has 2 nitrogen and oxygen atoms in total. The molecule has 100 valence electrons. The molecule has 0 aliphatic heterocycles. The molecule has 1 amide bonds. The largest absolute Gasteiger partial charge is 0.336 e. The van der Waals surface area contributed by atoms with Gasteiger partial charge in [-0.1, -0.05) is 46.3 Å². The van der Waals surface area contributed by atoms with Gasteiger partial charge in [0.15, 0.2) is 0 Å². The first-order chi connectivity index (χ1) is 8.95. The van der Waals surface area contributed by atoms with E-state index in [9.17, 15) is 4.79 Å². The van der Waals surface area contributed by atoms with Crippen LogP contribution in [0.3, 0.4) is 0 Å². The van der Waals surface area contributed by atoms with Gasteiger partial charge in [-0.3, -0.25) is 4.79 Å². The van der Waals surface area contributed by atoms with Crippen LogP contribution < -0.4 is 0 Å². The lowest BCUT2D eigenvalue weighted by atomic mass is 10.0. The van der Waals surface area contributed by atoms with Crippen molar-refractivity contribution in [2.75, 3.05) is 12.4 Å². The molecule has 0 N–H and O–H groups in total. The van der Waals surface area contributed by atoms with Crippen molar-refractivity contribution in [3.8, 4) is 0 Å². The van der Waals surface area contributed by atoms with Gasteiger partial charge in [-0.25, -0.2) is 0 Å². The number of nitrogens with zero attached hydrogens (tertiary/aromatic N) is 1. The lowest BCUT2D eigenvalue weighted by molar-refractivity contribution is 0.0664. The molecule has 0 fully saturated rings. The van der Waals surface area contributed by atoms with Crippen LogP contribution in [0.4, 0.5) is 0 Å². The summed E-state index contributed by atoms with van der Waals surface area (Å²) in [5, 5.41) is 3.00. The summed E-state index contributed by atoms with van der Waals surface area (Å²) in [6, 6.07) is 13.9. The van der Waals surface area contributed by atoms with E-state index in [1.807, 2.05) is 57.3 Å². The highest BCUT2D eigenvalue weighted by molar-refractivity contribution is 9.09. The van der Waals surface area contributed by atoms with Crippen LogP contribution in [0.15, 0.2) is 42.5 Å². The summed E-state index contributed by atoms with van der Waals surface area (Å²) in [6.07, 6.45) is 0. The molecule has 0 aliphatic rings. The van der Waals surface area contributed by atoms with Crippen LogP contribution in [0.5, 0.6) is 0 Å². The van der Waals surface area contributed by atoms with Crippen LogP contribution in [0.2, 0.25) is 0 Å². The first kappa shape index (κ1) is 14.1. The Hall–Kier alpha value is -1.35. The molecule has 0 unspecified atom stereocenters. The van der Waals surface area contributed by atoms with E-state index in [0.717, 1.165) is 21.7 Å². The molecule has 3 heteroatoms. The van der Waals surface area contributed by atoms with E-state index in [4.69, 9.17) is 0 Å². The van der Waals surface area contributed by atoms with Gasteiger partial charge in [0.2, 0.25) is 0 Å². The lowest BCUT2D eigenvalue weighted by Gasteiger charge is -2.34. The Morgan fingerprint density at radius 2 is 1.79 bits per heavy atom. The number of amides is 1. The van der Waals surface area contributed by atoms with Crippen molar-refractivity contribution in [2.45, 2.75) is 19.4 Å². The van der Waals surface area contributed by atoms with Gasteiger partial charge in [0, 0.05) is 23.5 Å². The third-order valence-corrected chi connectivity index (χ3v) is 4.91. The lowest BCUT2D eigenvalue weighted by Crippen LogP contribution is -2.46. The average molecular weight is 320 g/mol. The number of hydrogen-bond acceptors (Lipinski definition) is 1. The summed E-state index contributed by atoms with van der Waals surface area (Å²) in [5.41, 5.74) is 0.526. The number of carbonyl (C=O) groups excluding carboxylic acids is 1. The molecule has 2 aromatic carbocycles. The van der Waals surface area contributed by atoms with E-state index in [1.165, 1.54) is 0 Å². The van der Waals surface area contributed by atoms with Gasteiger partial charge in [0.25, 0.3) is 5.91 Å². The number of fused-ring (bicyclic) bond motifs is 1. The molecule has 19 heavy (non-hydrogen) atoms. The van der Waals surface area contributed by atoms with Gasteiger partial charge >= 0.3 is 0 Å². The minimum Gasteiger partial charge on any atom is -0.336 e. The van der Waals surface area contributed by atoms with Crippen molar-refractivity contribution >= 4 is 32.6 Å². The molecule has 0 heterocycles. The highest BCUT2D eigenvalue weighted by Gasteiger charge is 2.27. The maximum Gasteiger partial charge on any atom is 0.254 e. The van der Waals surface area contributed by atoms with Crippen molar-refractivity contribution < 1.29 is 4.79 Å². The van der Waals surface area contributed by atoms with E-state index in [0.29, 0.717) is 0 Å². The third-order valence-electron chi connectivity index (χ3n) is 3.54. The maximum absolute atomic E-state index is 12.5. The summed E-state index contributed by atoms with van der Waals surface area (Å²) in [6.45, 7) is 4.08. The number of rotatable bonds is 3. The van der Waals surface area contributed by atoms with Crippen LogP contribution in [0.1, 0.15) is 24.2 Å². The Labute approximate surface area is 122 Å². The fraction of sp³-hybridized carbons (Fsp3) is 0.312. The topological polar surface area (TPSA) is 20.3 Å². The second-order valence-electron chi connectivity index (χ2n) is 5.37. The molecule has 0 aliphatic carbocycles. The molecule has 0 radical (unpaired) electrons. The Morgan fingerprint density at radius 1 is 1.16 bits per heavy atom. The standard InChI is InChI=1S/C16H18BrNO/c1-16(2,11-17)18(3)15(19)14-9-8-12-6-4-5-7-13(12)10-14/h4-10H,11H2,1-3H3. The first-order valence-electron chi connectivity index (χ1n) is 6.28. The Kier molecular flexibility index (Phi) is 3.95. The van der Waals surface area contributed by atoms with Gasteiger partial charge in [-0.2, -0.15) is 0 Å². The quantitative estimate of drug-likeness (QED) is 0.780. The highest BCUT2D eigenvalue weighted by atomic mass is 79.9. The second kappa shape index (κ2) is 5.33. The molecule has 0 spiro atoms. The maximum atomic E-state index is 12.5. The van der Waals surface area contributed by atoms with E-state index >= 15 is 0 Å². The van der Waals surface area contributed by atoms with Crippen molar-refractivity contribution in [3.05, 3.63) is 48.0 Å². The predicted molar refractivity (Wildman–Crippen MR) is 83.9 cm³/mol. The minimum atomic E-state index is -0.206. The number of halogens is 1. The van der Waals surface area contributed by atoms with Crippen molar-refractivity contribution in [3.63, 3.8) is 0 Å². The molecule has 2 aromatic rings. The fourth-order valence-electron chi connectivity index (χ4n) is 1.88. The van der Waals surface area contributed by atoms with Crippen LogP contribution in [0, 0.1) is 0 Å². The normalized spacial score (nSPS) is 11.6. The molecule has 0 saturated heterocycles. The fourth-order valence-corrected chi connectivity index (χ4v) is 2.26. The van der Waals surface area contributed by atoms with E-state index < -0.39 is 0 Å². The number of benzene rings is 2. The van der Waals surface area contributed by atoms with Gasteiger partial charge in [0.1, 0.15) is 0 Å². The first-order valence-corrected chi connectivity index (χ1v) is 7.41. The summed E-state index contributed by atoms with van der Waals surface area (Å²) in [7, 11) is 1.85. The Morgan fingerprint density at radius 3 is 2.42 bits per heavy atom. The minimum absolute atomic E-state index is 0.0511. The molecule has 0 aromatic heterocycles. The van der Waals surface area contributed by atoms with Crippen LogP contribution >= 0.6 is 15.9 Å². The Balaban J connectivity index is 2.36. The monoisotopic (exact) mass is 319 g/mol. The van der Waals surface area contributed by atoms with Crippen molar-refractivity contribution in [1.29, 1.82) is 0 Å². The Bertz CT molecular complexity index is 606. The molecule has 0 saturated carbocycles. The smallest absolute Gasteiger partial charge is 0.254 e. The number of alkyl halides is 1. The van der Waals surface area contributed by atoms with Crippen molar-refractivity contribution in [1.82, 2.24) is 4.90 Å². The van der Waals surface area contributed by atoms with E-state index in [2.05, 4.69) is 22.0 Å². The van der Waals surface area contributed by atoms with Gasteiger partial charge in [-0.05, 0) is 36.8 Å². The zero-order valence-electron chi connectivity index (χ0n) is 11.5. The van der Waals surface area contributed by atoms with E-state index in [1.54, 1.807) is 4.90 Å². The van der Waals surface area contributed by atoms with E-state index in [-0.39, 0.29) is 11.4 Å². The van der Waals surface area contributed by atoms with Crippen LogP contribution in [-0.4, -0.2) is 28.7 Å². The third kappa shape index (κ3) is 2.81. The van der Waals surface area contributed by atoms with Gasteiger partial charge in [0.05, 0.1) is 0 Å².